The van der Waals surface area contributed by atoms with Crippen molar-refractivity contribution in [1.82, 2.24) is 18.7 Å². The Bertz CT molecular complexity index is 850. The van der Waals surface area contributed by atoms with Crippen LogP contribution in [0.15, 0.2) is 11.0 Å². The summed E-state index contributed by atoms with van der Waals surface area (Å²) in [6.07, 6.45) is 5.47. The van der Waals surface area contributed by atoms with Crippen molar-refractivity contribution < 1.29 is 0 Å². The number of thiophene rings is 1. The van der Waals surface area contributed by atoms with Crippen molar-refractivity contribution in [3.8, 4) is 0 Å². The van der Waals surface area contributed by atoms with Crippen LogP contribution >= 0.6 is 23.1 Å². The van der Waals surface area contributed by atoms with Crippen molar-refractivity contribution >= 4 is 33.3 Å². The molecule has 0 saturated heterocycles. The van der Waals surface area contributed by atoms with E-state index in [9.17, 15) is 4.79 Å². The van der Waals surface area contributed by atoms with E-state index in [1.54, 1.807) is 17.5 Å². The van der Waals surface area contributed by atoms with E-state index in [1.165, 1.54) is 22.2 Å². The summed E-state index contributed by atoms with van der Waals surface area (Å²) < 4.78 is 8.15. The number of aromatic nitrogens is 4. The van der Waals surface area contributed by atoms with Crippen LogP contribution in [0.5, 0.6) is 0 Å². The van der Waals surface area contributed by atoms with Gasteiger partial charge in [-0.2, -0.15) is 8.75 Å². The minimum absolute atomic E-state index is 0.00904. The third kappa shape index (κ3) is 2.30. The second-order valence-corrected chi connectivity index (χ2v) is 7.26. The molecule has 1 aliphatic carbocycles. The summed E-state index contributed by atoms with van der Waals surface area (Å²) in [7, 11) is 0. The van der Waals surface area contributed by atoms with Gasteiger partial charge >= 0.3 is 0 Å². The molecular formula is C14H14N4OS2. The van der Waals surface area contributed by atoms with Gasteiger partial charge in [-0.05, 0) is 30.7 Å². The Morgan fingerprint density at radius 3 is 3.19 bits per heavy atom. The van der Waals surface area contributed by atoms with Crippen LogP contribution in [-0.2, 0) is 19.3 Å². The zero-order valence-electron chi connectivity index (χ0n) is 11.5. The summed E-state index contributed by atoms with van der Waals surface area (Å²) in [4.78, 5) is 22.2. The molecule has 21 heavy (non-hydrogen) atoms. The molecule has 0 spiro atoms. The number of nitrogens with one attached hydrogen (secondary N) is 1. The molecule has 7 heteroatoms. The third-order valence-electron chi connectivity index (χ3n) is 3.97. The minimum Gasteiger partial charge on any atom is -0.310 e. The van der Waals surface area contributed by atoms with Crippen molar-refractivity contribution in [1.29, 1.82) is 0 Å². The Morgan fingerprint density at radius 1 is 1.48 bits per heavy atom. The first-order valence-corrected chi connectivity index (χ1v) is 8.55. The SMILES string of the molecule is CC1CCc2c(sc3nc(Cc4cnsn4)[nH]c(=O)c23)C1. The molecule has 0 amide bonds. The summed E-state index contributed by atoms with van der Waals surface area (Å²) in [6.45, 7) is 2.27. The average molecular weight is 318 g/mol. The highest BCUT2D eigenvalue weighted by Crippen LogP contribution is 2.35. The molecule has 0 aliphatic heterocycles. The van der Waals surface area contributed by atoms with E-state index in [1.807, 2.05) is 0 Å². The van der Waals surface area contributed by atoms with Gasteiger partial charge in [-0.25, -0.2) is 4.98 Å². The first-order valence-electron chi connectivity index (χ1n) is 7.00. The van der Waals surface area contributed by atoms with Crippen LogP contribution in [0.3, 0.4) is 0 Å². The second kappa shape index (κ2) is 4.99. The number of aryl methyl sites for hydroxylation is 1. The number of nitrogens with zero attached hydrogens (tertiary/aromatic N) is 3. The van der Waals surface area contributed by atoms with Gasteiger partial charge in [-0.1, -0.05) is 6.92 Å². The molecular weight excluding hydrogens is 304 g/mol. The number of hydrogen-bond donors (Lipinski definition) is 1. The van der Waals surface area contributed by atoms with E-state index >= 15 is 0 Å². The molecule has 4 rings (SSSR count). The van der Waals surface area contributed by atoms with Gasteiger partial charge in [-0.15, -0.1) is 11.3 Å². The van der Waals surface area contributed by atoms with Crippen molar-refractivity contribution in [2.45, 2.75) is 32.6 Å². The molecule has 0 radical (unpaired) electrons. The van der Waals surface area contributed by atoms with Crippen molar-refractivity contribution in [2.75, 3.05) is 0 Å². The first kappa shape index (κ1) is 13.1. The van der Waals surface area contributed by atoms with Gasteiger partial charge in [0.15, 0.2) is 0 Å². The number of rotatable bonds is 2. The monoisotopic (exact) mass is 318 g/mol. The van der Waals surface area contributed by atoms with E-state index in [4.69, 9.17) is 0 Å². The quantitative estimate of drug-likeness (QED) is 0.788. The highest BCUT2D eigenvalue weighted by atomic mass is 32.1. The summed E-state index contributed by atoms with van der Waals surface area (Å²) in [6, 6.07) is 0. The number of H-pyrrole nitrogens is 1. The van der Waals surface area contributed by atoms with Gasteiger partial charge in [0.1, 0.15) is 10.7 Å². The Morgan fingerprint density at radius 2 is 2.38 bits per heavy atom. The van der Waals surface area contributed by atoms with Gasteiger partial charge in [0.2, 0.25) is 0 Å². The van der Waals surface area contributed by atoms with Crippen LogP contribution in [0.1, 0.15) is 35.3 Å². The Balaban J connectivity index is 1.82. The van der Waals surface area contributed by atoms with Crippen LogP contribution in [0, 0.1) is 5.92 Å². The molecule has 3 heterocycles. The number of fused-ring (bicyclic) bond motifs is 3. The van der Waals surface area contributed by atoms with E-state index < -0.39 is 0 Å². The third-order valence-corrected chi connectivity index (χ3v) is 5.63. The van der Waals surface area contributed by atoms with Crippen molar-refractivity contribution in [2.24, 2.45) is 5.92 Å². The van der Waals surface area contributed by atoms with Gasteiger partial charge in [0.25, 0.3) is 5.56 Å². The number of aromatic amines is 1. The molecule has 1 aliphatic rings. The van der Waals surface area contributed by atoms with Crippen LogP contribution in [0.4, 0.5) is 0 Å². The molecule has 1 unspecified atom stereocenters. The second-order valence-electron chi connectivity index (χ2n) is 5.62. The minimum atomic E-state index is -0.00904. The molecule has 0 bridgehead atoms. The lowest BCUT2D eigenvalue weighted by atomic mass is 9.89. The topological polar surface area (TPSA) is 71.5 Å². The largest absolute Gasteiger partial charge is 0.310 e. The summed E-state index contributed by atoms with van der Waals surface area (Å²) in [5, 5.41) is 0.807. The first-order chi connectivity index (χ1) is 10.2. The average Bonchev–Trinajstić information content (AvgIpc) is 3.05. The molecule has 3 aromatic heterocycles. The van der Waals surface area contributed by atoms with E-state index in [-0.39, 0.29) is 5.56 Å². The molecule has 3 aromatic rings. The standard InChI is InChI=1S/C14H14N4OS2/c1-7-2-3-9-10(4-7)20-14-12(9)13(19)16-11(17-14)5-8-6-15-21-18-8/h6-7H,2-5H2,1H3,(H,16,17,19). The van der Waals surface area contributed by atoms with Crippen LogP contribution in [0.25, 0.3) is 10.2 Å². The lowest BCUT2D eigenvalue weighted by Crippen LogP contribution is -2.14. The summed E-state index contributed by atoms with van der Waals surface area (Å²) >= 11 is 2.85. The zero-order valence-corrected chi connectivity index (χ0v) is 13.2. The lowest BCUT2D eigenvalue weighted by molar-refractivity contribution is 0.509. The smallest absolute Gasteiger partial charge is 0.259 e. The maximum absolute atomic E-state index is 12.4. The maximum Gasteiger partial charge on any atom is 0.259 e. The highest BCUT2D eigenvalue weighted by molar-refractivity contribution is 7.18. The van der Waals surface area contributed by atoms with E-state index in [0.29, 0.717) is 18.2 Å². The summed E-state index contributed by atoms with van der Waals surface area (Å²) in [5.74, 6) is 1.37. The predicted molar refractivity (Wildman–Crippen MR) is 84.1 cm³/mol. The zero-order chi connectivity index (χ0) is 14.4. The predicted octanol–water partition coefficient (Wildman–Crippen LogP) is 2.55. The fraction of sp³-hybridized carbons (Fsp3) is 0.429. The molecule has 0 aromatic carbocycles. The fourth-order valence-electron chi connectivity index (χ4n) is 2.91. The van der Waals surface area contributed by atoms with Gasteiger partial charge < -0.3 is 4.98 Å². The highest BCUT2D eigenvalue weighted by Gasteiger charge is 2.23. The Labute approximate surface area is 129 Å². The maximum atomic E-state index is 12.4. The fourth-order valence-corrected chi connectivity index (χ4v) is 4.75. The molecule has 108 valence electrons. The van der Waals surface area contributed by atoms with Crippen molar-refractivity contribution in [3.63, 3.8) is 0 Å². The molecule has 0 saturated carbocycles. The van der Waals surface area contributed by atoms with Gasteiger partial charge in [-0.3, -0.25) is 4.79 Å². The van der Waals surface area contributed by atoms with Gasteiger partial charge in [0, 0.05) is 4.88 Å². The molecule has 5 nitrogen and oxygen atoms in total. The molecule has 1 N–H and O–H groups in total. The van der Waals surface area contributed by atoms with E-state index in [2.05, 4.69) is 25.6 Å². The van der Waals surface area contributed by atoms with Gasteiger partial charge in [0.05, 0.1) is 35.4 Å². The van der Waals surface area contributed by atoms with Crippen LogP contribution in [0.2, 0.25) is 0 Å². The Hall–Kier alpha value is -1.60. The van der Waals surface area contributed by atoms with Crippen LogP contribution in [-0.4, -0.2) is 18.7 Å². The van der Waals surface area contributed by atoms with E-state index in [0.717, 1.165) is 35.2 Å². The Kier molecular flexibility index (Phi) is 3.11. The van der Waals surface area contributed by atoms with Crippen molar-refractivity contribution in [3.05, 3.63) is 38.5 Å². The summed E-state index contributed by atoms with van der Waals surface area (Å²) in [5.41, 5.74) is 2.06. The van der Waals surface area contributed by atoms with Crippen LogP contribution < -0.4 is 5.56 Å². The molecule has 0 fully saturated rings. The number of hydrogen-bond acceptors (Lipinski definition) is 6. The molecule has 1 atom stereocenters. The normalized spacial score (nSPS) is 18.0. The lowest BCUT2D eigenvalue weighted by Gasteiger charge is -2.17.